The van der Waals surface area contributed by atoms with Gasteiger partial charge >= 0.3 is 0 Å². The molecule has 0 spiro atoms. The number of nitrogens with one attached hydrogen (secondary N) is 2. The summed E-state index contributed by atoms with van der Waals surface area (Å²) in [6.45, 7) is 0.209. The van der Waals surface area contributed by atoms with Crippen molar-refractivity contribution < 1.29 is 14.3 Å². The summed E-state index contributed by atoms with van der Waals surface area (Å²) in [5.74, 6) is 0.973. The van der Waals surface area contributed by atoms with Crippen LogP contribution in [0.5, 0.6) is 5.75 Å². The molecule has 0 unspecified atom stereocenters. The lowest BCUT2D eigenvalue weighted by atomic mass is 10.2. The molecule has 8 nitrogen and oxygen atoms in total. The molecule has 0 saturated carbocycles. The molecule has 10 heteroatoms. The van der Waals surface area contributed by atoms with Crippen LogP contribution in [-0.4, -0.2) is 39.4 Å². The van der Waals surface area contributed by atoms with E-state index in [1.807, 2.05) is 0 Å². The third kappa shape index (κ3) is 5.52. The van der Waals surface area contributed by atoms with Gasteiger partial charge in [-0.15, -0.1) is 10.2 Å². The van der Waals surface area contributed by atoms with Gasteiger partial charge in [0, 0.05) is 12.6 Å². The van der Waals surface area contributed by atoms with Gasteiger partial charge in [-0.1, -0.05) is 35.5 Å². The molecule has 0 aliphatic heterocycles. The monoisotopic (exact) mass is 445 g/mol. The summed E-state index contributed by atoms with van der Waals surface area (Å²) in [5.41, 5.74) is 1.08. The van der Waals surface area contributed by atoms with Crippen LogP contribution in [0.25, 0.3) is 0 Å². The summed E-state index contributed by atoms with van der Waals surface area (Å²) < 4.78 is 6.82. The van der Waals surface area contributed by atoms with Crippen molar-refractivity contribution in [2.24, 2.45) is 7.05 Å². The molecule has 3 rings (SSSR count). The van der Waals surface area contributed by atoms with E-state index in [9.17, 15) is 9.59 Å². The van der Waals surface area contributed by atoms with Crippen molar-refractivity contribution >= 4 is 40.9 Å². The fourth-order valence-electron chi connectivity index (χ4n) is 2.51. The van der Waals surface area contributed by atoms with E-state index in [1.54, 1.807) is 67.3 Å². The van der Waals surface area contributed by atoms with E-state index in [4.69, 9.17) is 16.3 Å². The number of benzene rings is 2. The molecule has 0 radical (unpaired) electrons. The molecular formula is C20H20ClN5O3S. The van der Waals surface area contributed by atoms with Crippen molar-refractivity contribution in [3.05, 3.63) is 64.9 Å². The molecule has 1 heterocycles. The molecule has 2 aromatic carbocycles. The number of methoxy groups -OCH3 is 1. The highest BCUT2D eigenvalue weighted by molar-refractivity contribution is 7.99. The Labute approximate surface area is 183 Å². The lowest BCUT2D eigenvalue weighted by molar-refractivity contribution is -0.113. The van der Waals surface area contributed by atoms with E-state index in [0.717, 1.165) is 0 Å². The van der Waals surface area contributed by atoms with Crippen LogP contribution in [0.1, 0.15) is 16.2 Å². The molecule has 156 valence electrons. The topological polar surface area (TPSA) is 98.1 Å². The van der Waals surface area contributed by atoms with Crippen LogP contribution in [0.4, 0.5) is 5.69 Å². The molecule has 3 aromatic rings. The third-order valence-corrected chi connectivity index (χ3v) is 5.51. The summed E-state index contributed by atoms with van der Waals surface area (Å²) in [7, 11) is 3.35. The van der Waals surface area contributed by atoms with Gasteiger partial charge in [0.05, 0.1) is 30.1 Å². The number of thioether (sulfide) groups is 1. The van der Waals surface area contributed by atoms with Crippen LogP contribution in [0.3, 0.4) is 0 Å². The average Bonchev–Trinajstić information content (AvgIpc) is 3.11. The quantitative estimate of drug-likeness (QED) is 0.517. The Morgan fingerprint density at radius 3 is 2.57 bits per heavy atom. The number of carbonyl (C=O) groups is 2. The Kier molecular flexibility index (Phi) is 7.31. The van der Waals surface area contributed by atoms with Crippen molar-refractivity contribution in [1.29, 1.82) is 0 Å². The van der Waals surface area contributed by atoms with Crippen LogP contribution in [0.2, 0.25) is 5.02 Å². The Morgan fingerprint density at radius 1 is 1.13 bits per heavy atom. The van der Waals surface area contributed by atoms with E-state index >= 15 is 0 Å². The first-order valence-electron chi connectivity index (χ1n) is 8.95. The van der Waals surface area contributed by atoms with Crippen LogP contribution in [0, 0.1) is 0 Å². The van der Waals surface area contributed by atoms with Gasteiger partial charge < -0.3 is 19.9 Å². The van der Waals surface area contributed by atoms with Crippen LogP contribution >= 0.6 is 23.4 Å². The molecular weight excluding hydrogens is 426 g/mol. The zero-order chi connectivity index (χ0) is 21.5. The number of hydrogen-bond acceptors (Lipinski definition) is 6. The molecule has 0 aliphatic rings. The first-order valence-corrected chi connectivity index (χ1v) is 10.3. The highest BCUT2D eigenvalue weighted by Gasteiger charge is 2.14. The van der Waals surface area contributed by atoms with Crippen molar-refractivity contribution in [1.82, 2.24) is 20.1 Å². The number of para-hydroxylation sites is 1. The fraction of sp³-hybridized carbons (Fsp3) is 0.200. The smallest absolute Gasteiger partial charge is 0.251 e. The number of halogens is 1. The highest BCUT2D eigenvalue weighted by Crippen LogP contribution is 2.22. The van der Waals surface area contributed by atoms with Crippen molar-refractivity contribution in [3.8, 4) is 5.75 Å². The van der Waals surface area contributed by atoms with Gasteiger partial charge in [0.2, 0.25) is 5.91 Å². The minimum Gasteiger partial charge on any atom is -0.497 e. The molecule has 0 saturated heterocycles. The molecule has 0 fully saturated rings. The second-order valence-electron chi connectivity index (χ2n) is 6.19. The predicted molar refractivity (Wildman–Crippen MR) is 116 cm³/mol. The number of amides is 2. The molecule has 0 atom stereocenters. The summed E-state index contributed by atoms with van der Waals surface area (Å²) in [6.07, 6.45) is 0. The maximum absolute atomic E-state index is 12.3. The van der Waals surface area contributed by atoms with Crippen molar-refractivity contribution in [2.45, 2.75) is 11.7 Å². The summed E-state index contributed by atoms with van der Waals surface area (Å²) in [4.78, 5) is 24.4. The molecule has 30 heavy (non-hydrogen) atoms. The zero-order valence-corrected chi connectivity index (χ0v) is 18.0. The lowest BCUT2D eigenvalue weighted by Gasteiger charge is -2.08. The first kappa shape index (κ1) is 21.7. The number of carbonyl (C=O) groups excluding carboxylic acids is 2. The number of rotatable bonds is 8. The second-order valence-corrected chi connectivity index (χ2v) is 7.54. The Morgan fingerprint density at radius 2 is 1.87 bits per heavy atom. The van der Waals surface area contributed by atoms with Crippen LogP contribution < -0.4 is 15.4 Å². The second kappa shape index (κ2) is 10.1. The van der Waals surface area contributed by atoms with E-state index in [2.05, 4.69) is 20.8 Å². The summed E-state index contributed by atoms with van der Waals surface area (Å²) >= 11 is 7.29. The lowest BCUT2D eigenvalue weighted by Crippen LogP contribution is -2.24. The van der Waals surface area contributed by atoms with E-state index < -0.39 is 0 Å². The third-order valence-electron chi connectivity index (χ3n) is 4.16. The zero-order valence-electron chi connectivity index (χ0n) is 16.4. The highest BCUT2D eigenvalue weighted by atomic mass is 35.5. The van der Waals surface area contributed by atoms with Crippen molar-refractivity contribution in [3.63, 3.8) is 0 Å². The number of hydrogen-bond donors (Lipinski definition) is 2. The summed E-state index contributed by atoms with van der Waals surface area (Å²) in [6, 6.07) is 13.8. The number of aromatic nitrogens is 3. The minimum atomic E-state index is -0.228. The van der Waals surface area contributed by atoms with Gasteiger partial charge in [-0.05, 0) is 36.4 Å². The van der Waals surface area contributed by atoms with Gasteiger partial charge in [0.1, 0.15) is 5.75 Å². The molecule has 2 N–H and O–H groups in total. The number of ether oxygens (including phenoxy) is 1. The first-order chi connectivity index (χ1) is 14.5. The van der Waals surface area contributed by atoms with Gasteiger partial charge in [-0.25, -0.2) is 0 Å². The average molecular weight is 446 g/mol. The molecule has 0 aliphatic carbocycles. The van der Waals surface area contributed by atoms with Gasteiger partial charge in [0.25, 0.3) is 5.91 Å². The molecule has 2 amide bonds. The van der Waals surface area contributed by atoms with Crippen LogP contribution in [-0.2, 0) is 18.4 Å². The largest absolute Gasteiger partial charge is 0.497 e. The Hall–Kier alpha value is -3.04. The number of anilines is 1. The molecule has 1 aromatic heterocycles. The predicted octanol–water partition coefficient (Wildman–Crippen LogP) is 3.14. The van der Waals surface area contributed by atoms with Gasteiger partial charge in [-0.2, -0.15) is 0 Å². The maximum Gasteiger partial charge on any atom is 0.251 e. The summed E-state index contributed by atoms with van der Waals surface area (Å²) in [5, 5.41) is 14.8. The number of nitrogens with zero attached hydrogens (tertiary/aromatic N) is 3. The standard InChI is InChI=1S/C20H20ClN5O3S/c1-26-17(11-22-19(28)13-7-9-14(29-2)10-8-13)24-25-20(26)30-12-18(27)23-16-6-4-3-5-15(16)21/h3-10H,11-12H2,1-2H3,(H,22,28)(H,23,27). The SMILES string of the molecule is COc1ccc(C(=O)NCc2nnc(SCC(=O)Nc3ccccc3Cl)n2C)cc1. The van der Waals surface area contributed by atoms with E-state index in [0.29, 0.717) is 33.0 Å². The van der Waals surface area contributed by atoms with E-state index in [-0.39, 0.29) is 24.1 Å². The van der Waals surface area contributed by atoms with E-state index in [1.165, 1.54) is 11.8 Å². The minimum absolute atomic E-state index is 0.148. The Bertz CT molecular complexity index is 1040. The normalized spacial score (nSPS) is 10.5. The molecule has 0 bridgehead atoms. The maximum atomic E-state index is 12.3. The Balaban J connectivity index is 1.52. The fourth-order valence-corrected chi connectivity index (χ4v) is 3.42. The van der Waals surface area contributed by atoms with Gasteiger partial charge in [-0.3, -0.25) is 9.59 Å². The van der Waals surface area contributed by atoms with Crippen molar-refractivity contribution in [2.75, 3.05) is 18.2 Å². The van der Waals surface area contributed by atoms with Gasteiger partial charge in [0.15, 0.2) is 11.0 Å². The van der Waals surface area contributed by atoms with Crippen LogP contribution in [0.15, 0.2) is 53.7 Å².